The molecule has 3 aromatic heterocycles. The fourth-order valence-corrected chi connectivity index (χ4v) is 12.2. The molecule has 11 aromatic rings. The van der Waals surface area contributed by atoms with Gasteiger partial charge < -0.3 is 18.8 Å². The number of anilines is 6. The molecule has 8 aromatic carbocycles. The maximum Gasteiger partial charge on any atom is 0.252 e. The molecule has 2 aliphatic heterocycles. The third-order valence-corrected chi connectivity index (χ3v) is 15.3. The van der Waals surface area contributed by atoms with E-state index >= 15 is 0 Å². The second-order valence-corrected chi connectivity index (χ2v) is 21.3. The fraction of sp³-hybridized carbons (Fsp3) is 0.153. The molecule has 0 fully saturated rings. The third-order valence-electron chi connectivity index (χ3n) is 14.1. The normalized spacial score (nSPS) is 13.4. The van der Waals surface area contributed by atoms with Gasteiger partial charge in [-0.3, -0.25) is 0 Å². The average molecular weight is 858 g/mol. The molecule has 0 aliphatic carbocycles. The molecule has 6 heteroatoms. The van der Waals surface area contributed by atoms with Gasteiger partial charge in [-0.25, -0.2) is 0 Å². The number of nitrogens with zero attached hydrogens (tertiary/aromatic N) is 3. The molecule has 0 amide bonds. The van der Waals surface area contributed by atoms with Gasteiger partial charge in [0.2, 0.25) is 0 Å². The number of benzene rings is 8. The van der Waals surface area contributed by atoms with Crippen LogP contribution in [0.1, 0.15) is 58.2 Å². The average Bonchev–Trinajstić information content (AvgIpc) is 3.97. The molecule has 65 heavy (non-hydrogen) atoms. The van der Waals surface area contributed by atoms with Crippen LogP contribution in [0.5, 0.6) is 0 Å². The summed E-state index contributed by atoms with van der Waals surface area (Å²) in [5.41, 5.74) is 20.2. The highest BCUT2D eigenvalue weighted by Gasteiger charge is 2.43. The minimum atomic E-state index is 0.00725. The van der Waals surface area contributed by atoms with Gasteiger partial charge in [0.05, 0.1) is 21.4 Å². The Hall–Kier alpha value is -7.02. The van der Waals surface area contributed by atoms with E-state index in [4.69, 9.17) is 4.42 Å². The van der Waals surface area contributed by atoms with Gasteiger partial charge in [0.25, 0.3) is 6.71 Å². The lowest BCUT2D eigenvalue weighted by Gasteiger charge is -2.41. The molecule has 5 heterocycles. The van der Waals surface area contributed by atoms with E-state index in [2.05, 4.69) is 227 Å². The summed E-state index contributed by atoms with van der Waals surface area (Å²) in [6.07, 6.45) is 0. The number of hydrogen-bond acceptors (Lipinski definition) is 4. The summed E-state index contributed by atoms with van der Waals surface area (Å²) in [4.78, 5) is 4.95. The van der Waals surface area contributed by atoms with Crippen LogP contribution in [0.2, 0.25) is 0 Å². The van der Waals surface area contributed by atoms with Crippen molar-refractivity contribution in [2.24, 2.45) is 0 Å². The molecule has 0 saturated carbocycles. The Labute approximate surface area is 384 Å². The second kappa shape index (κ2) is 13.5. The summed E-state index contributed by atoms with van der Waals surface area (Å²) in [6.45, 7) is 16.0. The van der Waals surface area contributed by atoms with Crippen LogP contribution in [-0.4, -0.2) is 11.3 Å². The van der Waals surface area contributed by atoms with Crippen LogP contribution in [0.15, 0.2) is 168 Å². The maximum absolute atomic E-state index is 6.92. The number of furan rings is 1. The van der Waals surface area contributed by atoms with E-state index in [0.29, 0.717) is 0 Å². The SMILES string of the molecule is Cc1cc2c3c(c1)-n1c4c(cccc4c4sc5ccccc5c41)B3c1ccc(N(c3ccc(C(C)(C)C)cc3)c3ccc(C(C)(C)C)cc3)cc1N2c1cccc2c1oc1ccccc12. The van der Waals surface area contributed by atoms with Crippen molar-refractivity contribution in [3.05, 3.63) is 180 Å². The Bertz CT molecular complexity index is 3710. The highest BCUT2D eigenvalue weighted by molar-refractivity contribution is 7.26. The zero-order valence-corrected chi connectivity index (χ0v) is 38.6. The van der Waals surface area contributed by atoms with Crippen molar-refractivity contribution in [3.8, 4) is 5.69 Å². The van der Waals surface area contributed by atoms with Crippen molar-refractivity contribution in [2.75, 3.05) is 9.80 Å². The van der Waals surface area contributed by atoms with Crippen LogP contribution in [0.4, 0.5) is 34.1 Å². The lowest BCUT2D eigenvalue weighted by molar-refractivity contribution is 0.590. The quantitative estimate of drug-likeness (QED) is 0.165. The molecule has 0 bridgehead atoms. The van der Waals surface area contributed by atoms with Crippen LogP contribution >= 0.6 is 11.3 Å². The van der Waals surface area contributed by atoms with Gasteiger partial charge in [0, 0.05) is 60.4 Å². The molecule has 0 unspecified atom stereocenters. The van der Waals surface area contributed by atoms with Gasteiger partial charge >= 0.3 is 0 Å². The molecule has 13 rings (SSSR count). The molecular weight excluding hydrogens is 810 g/mol. The van der Waals surface area contributed by atoms with E-state index in [1.165, 1.54) is 75.7 Å². The second-order valence-electron chi connectivity index (χ2n) is 20.3. The van der Waals surface area contributed by atoms with Gasteiger partial charge in [-0.1, -0.05) is 139 Å². The molecular formula is C59H48BN3OS. The molecule has 0 radical (unpaired) electrons. The Morgan fingerprint density at radius 2 is 1.12 bits per heavy atom. The number of aryl methyl sites for hydroxylation is 1. The highest BCUT2D eigenvalue weighted by Crippen LogP contribution is 2.49. The minimum Gasteiger partial charge on any atom is -0.454 e. The number of thiophene rings is 1. The standard InChI is InChI=1S/C59H48BN3OS/c1-35-32-49-53-50(33-35)63-54-44(57-55(63)43-15-9-11-21-52(43)65-57)17-12-18-46(54)60(53)45-31-30-40(34-48(45)62(49)47-19-13-16-42-41-14-8-10-20-51(41)64-56(42)47)61(38-26-22-36(23-27-38)58(2,3)4)39-28-24-37(25-29-39)59(5,6)7/h8-34H,1-7H3. The van der Waals surface area contributed by atoms with Crippen molar-refractivity contribution in [1.82, 2.24) is 4.57 Å². The van der Waals surface area contributed by atoms with Crippen molar-refractivity contribution in [2.45, 2.75) is 59.3 Å². The zero-order valence-electron chi connectivity index (χ0n) is 37.8. The molecule has 2 aliphatic rings. The summed E-state index contributed by atoms with van der Waals surface area (Å²) >= 11 is 1.91. The topological polar surface area (TPSA) is 24.6 Å². The lowest BCUT2D eigenvalue weighted by atomic mass is 9.33. The van der Waals surface area contributed by atoms with E-state index in [1.807, 2.05) is 11.3 Å². The minimum absolute atomic E-state index is 0.00725. The van der Waals surface area contributed by atoms with Gasteiger partial charge in [-0.15, -0.1) is 11.3 Å². The first-order valence-corrected chi connectivity index (χ1v) is 23.7. The van der Waals surface area contributed by atoms with Gasteiger partial charge in [-0.05, 0) is 118 Å². The highest BCUT2D eigenvalue weighted by atomic mass is 32.1. The maximum atomic E-state index is 6.92. The summed E-state index contributed by atoms with van der Waals surface area (Å²) in [5.74, 6) is 0. The Morgan fingerprint density at radius 3 is 1.85 bits per heavy atom. The lowest BCUT2D eigenvalue weighted by Crippen LogP contribution is -2.60. The summed E-state index contributed by atoms with van der Waals surface area (Å²) < 4.78 is 12.2. The molecule has 0 N–H and O–H groups in total. The molecule has 0 saturated heterocycles. The summed E-state index contributed by atoms with van der Waals surface area (Å²) in [5, 5.41) is 4.87. The molecule has 0 atom stereocenters. The van der Waals surface area contributed by atoms with Crippen molar-refractivity contribution >= 4 is 122 Å². The molecule has 0 spiro atoms. The van der Waals surface area contributed by atoms with Crippen molar-refractivity contribution in [1.29, 1.82) is 0 Å². The monoisotopic (exact) mass is 857 g/mol. The first-order valence-electron chi connectivity index (χ1n) is 22.9. The van der Waals surface area contributed by atoms with Crippen LogP contribution in [-0.2, 0) is 10.8 Å². The first-order chi connectivity index (χ1) is 31.4. The Morgan fingerprint density at radius 1 is 0.508 bits per heavy atom. The van der Waals surface area contributed by atoms with Crippen LogP contribution in [0.3, 0.4) is 0 Å². The van der Waals surface area contributed by atoms with Crippen LogP contribution in [0.25, 0.3) is 58.8 Å². The van der Waals surface area contributed by atoms with Gasteiger partial charge in [-0.2, -0.15) is 0 Å². The smallest absolute Gasteiger partial charge is 0.252 e. The number of hydrogen-bond donors (Lipinski definition) is 0. The van der Waals surface area contributed by atoms with Gasteiger partial charge in [0.1, 0.15) is 5.58 Å². The number of fused-ring (bicyclic) bond motifs is 12. The van der Waals surface area contributed by atoms with E-state index in [1.54, 1.807) is 0 Å². The predicted molar refractivity (Wildman–Crippen MR) is 280 cm³/mol. The Balaban J connectivity index is 1.12. The zero-order chi connectivity index (χ0) is 44.1. The molecule has 314 valence electrons. The predicted octanol–water partition coefficient (Wildman–Crippen LogP) is 14.9. The van der Waals surface area contributed by atoms with Crippen molar-refractivity contribution < 1.29 is 4.42 Å². The largest absolute Gasteiger partial charge is 0.454 e. The summed E-state index contributed by atoms with van der Waals surface area (Å²) in [6, 6.07) is 61.4. The van der Waals surface area contributed by atoms with Gasteiger partial charge in [0.15, 0.2) is 5.58 Å². The number of rotatable bonds is 4. The number of aromatic nitrogens is 1. The fourth-order valence-electron chi connectivity index (χ4n) is 11.0. The van der Waals surface area contributed by atoms with Crippen molar-refractivity contribution in [3.63, 3.8) is 0 Å². The van der Waals surface area contributed by atoms with E-state index in [0.717, 1.165) is 50.4 Å². The first kappa shape index (κ1) is 38.4. The molecule has 4 nitrogen and oxygen atoms in total. The summed E-state index contributed by atoms with van der Waals surface area (Å²) in [7, 11) is 0. The van der Waals surface area contributed by atoms with Crippen LogP contribution in [0, 0.1) is 6.92 Å². The number of para-hydroxylation sites is 3. The van der Waals surface area contributed by atoms with E-state index < -0.39 is 0 Å². The Kier molecular flexibility index (Phi) is 7.99. The van der Waals surface area contributed by atoms with E-state index in [9.17, 15) is 0 Å². The third kappa shape index (κ3) is 5.56. The van der Waals surface area contributed by atoms with E-state index in [-0.39, 0.29) is 17.5 Å². The van der Waals surface area contributed by atoms with Crippen LogP contribution < -0.4 is 26.2 Å².